The standard InChI is InChI=1S/C19H30N8O.HI/c1-4-17-25-24-14-27(17)8-7-21-19(20-3)23-12-16-5-6-18(22-11-16)26-9-10-28-15(2)13-26;/h5-6,11,14-15H,4,7-10,12-13H2,1-3H3,(H2,20,21,23);1H. The van der Waals surface area contributed by atoms with Crippen molar-refractivity contribution in [3.63, 3.8) is 0 Å². The van der Waals surface area contributed by atoms with Gasteiger partial charge >= 0.3 is 0 Å². The molecule has 2 aromatic heterocycles. The van der Waals surface area contributed by atoms with Crippen LogP contribution in [-0.4, -0.2) is 65.1 Å². The molecule has 0 aliphatic carbocycles. The second-order valence-electron chi connectivity index (χ2n) is 6.80. The van der Waals surface area contributed by atoms with Gasteiger partial charge in [-0.2, -0.15) is 0 Å². The normalized spacial score (nSPS) is 17.0. The maximum atomic E-state index is 5.59. The van der Waals surface area contributed by atoms with Crippen molar-refractivity contribution < 1.29 is 4.74 Å². The lowest BCUT2D eigenvalue weighted by atomic mass is 10.2. The van der Waals surface area contributed by atoms with E-state index in [9.17, 15) is 0 Å². The third-order valence-corrected chi connectivity index (χ3v) is 4.71. The van der Waals surface area contributed by atoms with Crippen molar-refractivity contribution in [1.82, 2.24) is 30.4 Å². The first-order valence-electron chi connectivity index (χ1n) is 9.82. The molecule has 10 heteroatoms. The molecule has 0 bridgehead atoms. The first kappa shape index (κ1) is 23.3. The van der Waals surface area contributed by atoms with Crippen LogP contribution in [0.15, 0.2) is 29.6 Å². The molecule has 0 radical (unpaired) electrons. The molecule has 2 aromatic rings. The van der Waals surface area contributed by atoms with E-state index < -0.39 is 0 Å². The van der Waals surface area contributed by atoms with E-state index in [1.807, 2.05) is 6.20 Å². The molecule has 29 heavy (non-hydrogen) atoms. The molecule has 1 fully saturated rings. The number of aryl methyl sites for hydroxylation is 1. The van der Waals surface area contributed by atoms with E-state index in [-0.39, 0.29) is 30.1 Å². The fourth-order valence-corrected chi connectivity index (χ4v) is 3.18. The second kappa shape index (κ2) is 11.9. The molecular formula is C19H31IN8O. The van der Waals surface area contributed by atoms with Crippen LogP contribution in [0.4, 0.5) is 5.82 Å². The Kier molecular flexibility index (Phi) is 9.58. The fraction of sp³-hybridized carbons (Fsp3) is 0.579. The minimum atomic E-state index is 0. The van der Waals surface area contributed by atoms with Crippen molar-refractivity contribution in [2.45, 2.75) is 39.5 Å². The number of pyridine rings is 1. The lowest BCUT2D eigenvalue weighted by molar-refractivity contribution is 0.0529. The molecule has 9 nitrogen and oxygen atoms in total. The smallest absolute Gasteiger partial charge is 0.191 e. The average molecular weight is 514 g/mol. The highest BCUT2D eigenvalue weighted by atomic mass is 127. The molecule has 0 amide bonds. The summed E-state index contributed by atoms with van der Waals surface area (Å²) in [5.74, 6) is 2.75. The van der Waals surface area contributed by atoms with Gasteiger partial charge in [0.2, 0.25) is 0 Å². The zero-order valence-electron chi connectivity index (χ0n) is 17.3. The summed E-state index contributed by atoms with van der Waals surface area (Å²) >= 11 is 0. The Bertz CT molecular complexity index is 764. The molecule has 3 rings (SSSR count). The highest BCUT2D eigenvalue weighted by Crippen LogP contribution is 2.15. The molecule has 0 saturated carbocycles. The van der Waals surface area contributed by atoms with E-state index in [1.165, 1.54) is 0 Å². The number of halogens is 1. The average Bonchev–Trinajstić information content (AvgIpc) is 3.18. The minimum Gasteiger partial charge on any atom is -0.375 e. The highest BCUT2D eigenvalue weighted by molar-refractivity contribution is 14.0. The van der Waals surface area contributed by atoms with E-state index in [1.54, 1.807) is 13.4 Å². The van der Waals surface area contributed by atoms with Crippen LogP contribution in [0.3, 0.4) is 0 Å². The molecule has 2 N–H and O–H groups in total. The van der Waals surface area contributed by atoms with Crippen LogP contribution >= 0.6 is 24.0 Å². The lowest BCUT2D eigenvalue weighted by Crippen LogP contribution is -2.41. The van der Waals surface area contributed by atoms with E-state index in [2.05, 4.69) is 66.3 Å². The first-order valence-corrected chi connectivity index (χ1v) is 9.82. The van der Waals surface area contributed by atoms with E-state index in [0.29, 0.717) is 6.54 Å². The van der Waals surface area contributed by atoms with Crippen molar-refractivity contribution in [3.8, 4) is 0 Å². The third-order valence-electron chi connectivity index (χ3n) is 4.71. The van der Waals surface area contributed by atoms with E-state index in [0.717, 1.165) is 62.4 Å². The number of aliphatic imine (C=N–C) groups is 1. The summed E-state index contributed by atoms with van der Waals surface area (Å²) in [5.41, 5.74) is 1.11. The molecule has 1 unspecified atom stereocenters. The minimum absolute atomic E-state index is 0. The highest BCUT2D eigenvalue weighted by Gasteiger charge is 2.17. The van der Waals surface area contributed by atoms with Crippen molar-refractivity contribution in [3.05, 3.63) is 36.0 Å². The number of rotatable bonds is 7. The monoisotopic (exact) mass is 514 g/mol. The Morgan fingerprint density at radius 1 is 1.34 bits per heavy atom. The predicted octanol–water partition coefficient (Wildman–Crippen LogP) is 1.44. The second-order valence-corrected chi connectivity index (χ2v) is 6.80. The van der Waals surface area contributed by atoms with Gasteiger partial charge in [0, 0.05) is 52.4 Å². The summed E-state index contributed by atoms with van der Waals surface area (Å²) in [7, 11) is 1.77. The number of hydrogen-bond acceptors (Lipinski definition) is 6. The summed E-state index contributed by atoms with van der Waals surface area (Å²) in [6, 6.07) is 4.18. The summed E-state index contributed by atoms with van der Waals surface area (Å²) in [6.07, 6.45) is 4.80. The topological polar surface area (TPSA) is 92.5 Å². The molecule has 1 aliphatic rings. The number of guanidine groups is 1. The maximum Gasteiger partial charge on any atom is 0.191 e. The van der Waals surface area contributed by atoms with Gasteiger partial charge in [0.15, 0.2) is 5.96 Å². The van der Waals surface area contributed by atoms with Gasteiger partial charge in [0.05, 0.1) is 12.7 Å². The van der Waals surface area contributed by atoms with Gasteiger partial charge in [-0.15, -0.1) is 34.2 Å². The van der Waals surface area contributed by atoms with Crippen molar-refractivity contribution in [1.29, 1.82) is 0 Å². The first-order chi connectivity index (χ1) is 13.7. The van der Waals surface area contributed by atoms with E-state index in [4.69, 9.17) is 4.74 Å². The molecule has 0 spiro atoms. The summed E-state index contributed by atoms with van der Waals surface area (Å²) in [5, 5.41) is 14.7. The SMILES string of the molecule is CCc1nncn1CCNC(=NC)NCc1ccc(N2CCOC(C)C2)nc1.I. The van der Waals surface area contributed by atoms with Gasteiger partial charge in [-0.1, -0.05) is 13.0 Å². The van der Waals surface area contributed by atoms with Crippen molar-refractivity contribution in [2.75, 3.05) is 38.2 Å². The van der Waals surface area contributed by atoms with Crippen LogP contribution in [0.25, 0.3) is 0 Å². The molecule has 3 heterocycles. The maximum absolute atomic E-state index is 5.59. The van der Waals surface area contributed by atoms with Gasteiger partial charge in [0.25, 0.3) is 0 Å². The quantitative estimate of drug-likeness (QED) is 0.328. The van der Waals surface area contributed by atoms with Gasteiger partial charge in [0.1, 0.15) is 18.0 Å². The zero-order valence-corrected chi connectivity index (χ0v) is 19.7. The molecule has 0 aromatic carbocycles. The van der Waals surface area contributed by atoms with Gasteiger partial charge in [-0.3, -0.25) is 4.99 Å². The molecular weight excluding hydrogens is 483 g/mol. The Balaban J connectivity index is 0.00000300. The number of hydrogen-bond donors (Lipinski definition) is 2. The third kappa shape index (κ3) is 6.81. The number of aromatic nitrogens is 4. The van der Waals surface area contributed by atoms with Crippen LogP contribution < -0.4 is 15.5 Å². The lowest BCUT2D eigenvalue weighted by Gasteiger charge is -2.32. The number of ether oxygens (including phenoxy) is 1. The number of nitrogens with zero attached hydrogens (tertiary/aromatic N) is 6. The van der Waals surface area contributed by atoms with E-state index >= 15 is 0 Å². The fourth-order valence-electron chi connectivity index (χ4n) is 3.18. The molecule has 1 aliphatic heterocycles. The number of anilines is 1. The number of nitrogens with one attached hydrogen (secondary N) is 2. The van der Waals surface area contributed by atoms with Crippen LogP contribution in [0, 0.1) is 0 Å². The number of morpholine rings is 1. The van der Waals surface area contributed by atoms with Crippen molar-refractivity contribution in [2.24, 2.45) is 4.99 Å². The Hall–Kier alpha value is -1.95. The molecule has 1 saturated heterocycles. The van der Waals surface area contributed by atoms with Crippen LogP contribution in [0.5, 0.6) is 0 Å². The van der Waals surface area contributed by atoms with Crippen LogP contribution in [0.1, 0.15) is 25.2 Å². The summed E-state index contributed by atoms with van der Waals surface area (Å²) in [6.45, 7) is 8.90. The molecule has 1 atom stereocenters. The Morgan fingerprint density at radius 3 is 2.90 bits per heavy atom. The van der Waals surface area contributed by atoms with Crippen LogP contribution in [0.2, 0.25) is 0 Å². The van der Waals surface area contributed by atoms with Gasteiger partial charge in [-0.05, 0) is 18.6 Å². The summed E-state index contributed by atoms with van der Waals surface area (Å²) in [4.78, 5) is 11.1. The summed E-state index contributed by atoms with van der Waals surface area (Å²) < 4.78 is 7.64. The zero-order chi connectivity index (χ0) is 19.8. The Morgan fingerprint density at radius 2 is 2.21 bits per heavy atom. The predicted molar refractivity (Wildman–Crippen MR) is 125 cm³/mol. The van der Waals surface area contributed by atoms with Crippen LogP contribution in [-0.2, 0) is 24.2 Å². The van der Waals surface area contributed by atoms with Gasteiger partial charge in [-0.25, -0.2) is 4.98 Å². The van der Waals surface area contributed by atoms with Crippen molar-refractivity contribution >= 4 is 35.8 Å². The van der Waals surface area contributed by atoms with Gasteiger partial charge < -0.3 is 24.8 Å². The molecule has 160 valence electrons. The largest absolute Gasteiger partial charge is 0.375 e. The Labute approximate surface area is 189 Å².